The van der Waals surface area contributed by atoms with Gasteiger partial charge in [-0.05, 0) is 43.9 Å². The Morgan fingerprint density at radius 1 is 1.20 bits per heavy atom. The summed E-state index contributed by atoms with van der Waals surface area (Å²) in [5.74, 6) is 2.65. The molecule has 0 saturated heterocycles. The van der Waals surface area contributed by atoms with Gasteiger partial charge in [0.2, 0.25) is 0 Å². The van der Waals surface area contributed by atoms with E-state index in [2.05, 4.69) is 39.9 Å². The van der Waals surface area contributed by atoms with Crippen molar-refractivity contribution in [1.29, 1.82) is 0 Å². The number of hydrogen-bond donors (Lipinski definition) is 1. The van der Waals surface area contributed by atoms with Crippen LogP contribution in [-0.2, 0) is 0 Å². The second kappa shape index (κ2) is 5.89. The summed E-state index contributed by atoms with van der Waals surface area (Å²) in [6.45, 7) is 11.8. The van der Waals surface area contributed by atoms with Gasteiger partial charge in [-0.3, -0.25) is 0 Å². The molecule has 0 heterocycles. The topological polar surface area (TPSA) is 12.0 Å². The lowest BCUT2D eigenvalue weighted by molar-refractivity contribution is 0.160. The largest absolute Gasteiger partial charge is 0.311 e. The van der Waals surface area contributed by atoms with Gasteiger partial charge in [-0.25, -0.2) is 0 Å². The predicted molar refractivity (Wildman–Crippen MR) is 68.0 cm³/mol. The quantitative estimate of drug-likeness (QED) is 0.745. The molecule has 1 saturated carbocycles. The lowest BCUT2D eigenvalue weighted by Crippen LogP contribution is -2.46. The van der Waals surface area contributed by atoms with Gasteiger partial charge in [0.05, 0.1) is 0 Å². The highest BCUT2D eigenvalue weighted by Crippen LogP contribution is 2.33. The molecule has 4 atom stereocenters. The maximum Gasteiger partial charge on any atom is 0.0103 e. The first-order chi connectivity index (χ1) is 7.04. The summed E-state index contributed by atoms with van der Waals surface area (Å²) in [4.78, 5) is 0. The van der Waals surface area contributed by atoms with Crippen LogP contribution in [0, 0.1) is 17.8 Å². The van der Waals surface area contributed by atoms with Gasteiger partial charge in [0.25, 0.3) is 0 Å². The van der Waals surface area contributed by atoms with Crippen molar-refractivity contribution in [3.63, 3.8) is 0 Å². The second-order valence-corrected chi connectivity index (χ2v) is 5.91. The SMILES string of the molecule is CCC(C)NC1CC(C)CCC1C(C)C. The second-order valence-electron chi connectivity index (χ2n) is 5.91. The fraction of sp³-hybridized carbons (Fsp3) is 1.00. The molecule has 0 amide bonds. The molecule has 1 N–H and O–H groups in total. The molecule has 0 aromatic heterocycles. The van der Waals surface area contributed by atoms with Crippen molar-refractivity contribution < 1.29 is 0 Å². The van der Waals surface area contributed by atoms with Gasteiger partial charge in [0, 0.05) is 12.1 Å². The van der Waals surface area contributed by atoms with Crippen LogP contribution in [-0.4, -0.2) is 12.1 Å². The van der Waals surface area contributed by atoms with Crippen LogP contribution >= 0.6 is 0 Å². The maximum atomic E-state index is 3.83. The Kier molecular flexibility index (Phi) is 5.11. The molecule has 0 radical (unpaired) electrons. The monoisotopic (exact) mass is 211 g/mol. The lowest BCUT2D eigenvalue weighted by atomic mass is 9.74. The summed E-state index contributed by atoms with van der Waals surface area (Å²) in [6, 6.07) is 1.45. The van der Waals surface area contributed by atoms with E-state index in [0.29, 0.717) is 6.04 Å². The Labute approximate surface area is 96.0 Å². The van der Waals surface area contributed by atoms with Gasteiger partial charge in [0.1, 0.15) is 0 Å². The molecule has 4 unspecified atom stereocenters. The summed E-state index contributed by atoms with van der Waals surface area (Å²) < 4.78 is 0. The molecule has 0 aromatic carbocycles. The molecule has 1 nitrogen and oxygen atoms in total. The Bertz CT molecular complexity index is 176. The van der Waals surface area contributed by atoms with Gasteiger partial charge in [-0.2, -0.15) is 0 Å². The normalized spacial score (nSPS) is 34.4. The maximum absolute atomic E-state index is 3.83. The van der Waals surface area contributed by atoms with E-state index in [9.17, 15) is 0 Å². The van der Waals surface area contributed by atoms with Crippen LogP contribution in [0.25, 0.3) is 0 Å². The predicted octanol–water partition coefficient (Wildman–Crippen LogP) is 3.84. The fourth-order valence-corrected chi connectivity index (χ4v) is 2.88. The first-order valence-electron chi connectivity index (χ1n) is 6.80. The zero-order chi connectivity index (χ0) is 11.4. The molecule has 0 aromatic rings. The summed E-state index contributed by atoms with van der Waals surface area (Å²) in [5, 5.41) is 3.83. The molecule has 0 aliphatic heterocycles. The van der Waals surface area contributed by atoms with E-state index in [1.165, 1.54) is 25.7 Å². The molecule has 1 aliphatic carbocycles. The first kappa shape index (κ1) is 13.0. The van der Waals surface area contributed by atoms with Crippen molar-refractivity contribution in [2.24, 2.45) is 17.8 Å². The minimum atomic E-state index is 0.682. The zero-order valence-corrected chi connectivity index (χ0v) is 11.2. The molecular weight excluding hydrogens is 182 g/mol. The van der Waals surface area contributed by atoms with Crippen LogP contribution in [0.4, 0.5) is 0 Å². The van der Waals surface area contributed by atoms with E-state index in [4.69, 9.17) is 0 Å². The molecule has 0 bridgehead atoms. The smallest absolute Gasteiger partial charge is 0.0103 e. The minimum absolute atomic E-state index is 0.682. The molecule has 1 aliphatic rings. The third-order valence-electron chi connectivity index (χ3n) is 4.13. The van der Waals surface area contributed by atoms with Crippen LogP contribution in [0.15, 0.2) is 0 Å². The highest BCUT2D eigenvalue weighted by molar-refractivity contribution is 4.86. The first-order valence-corrected chi connectivity index (χ1v) is 6.80. The van der Waals surface area contributed by atoms with Gasteiger partial charge in [-0.1, -0.05) is 34.1 Å². The Hall–Kier alpha value is -0.0400. The van der Waals surface area contributed by atoms with Crippen LogP contribution in [0.3, 0.4) is 0 Å². The van der Waals surface area contributed by atoms with Crippen molar-refractivity contribution in [1.82, 2.24) is 5.32 Å². The summed E-state index contributed by atoms with van der Waals surface area (Å²) in [5.41, 5.74) is 0. The Morgan fingerprint density at radius 3 is 2.40 bits per heavy atom. The molecule has 0 spiro atoms. The third-order valence-corrected chi connectivity index (χ3v) is 4.13. The highest BCUT2D eigenvalue weighted by Gasteiger charge is 2.30. The van der Waals surface area contributed by atoms with E-state index in [1.807, 2.05) is 0 Å². The molecule has 1 rings (SSSR count). The van der Waals surface area contributed by atoms with Crippen molar-refractivity contribution in [2.45, 2.75) is 72.4 Å². The van der Waals surface area contributed by atoms with Crippen LogP contribution in [0.2, 0.25) is 0 Å². The Balaban J connectivity index is 2.54. The average molecular weight is 211 g/mol. The van der Waals surface area contributed by atoms with Crippen molar-refractivity contribution in [3.05, 3.63) is 0 Å². The lowest BCUT2D eigenvalue weighted by Gasteiger charge is -2.39. The van der Waals surface area contributed by atoms with E-state index >= 15 is 0 Å². The van der Waals surface area contributed by atoms with E-state index in [0.717, 1.165) is 23.8 Å². The molecular formula is C14H29N. The number of hydrogen-bond acceptors (Lipinski definition) is 1. The van der Waals surface area contributed by atoms with Gasteiger partial charge in [-0.15, -0.1) is 0 Å². The van der Waals surface area contributed by atoms with E-state index < -0.39 is 0 Å². The van der Waals surface area contributed by atoms with Crippen molar-refractivity contribution in [2.75, 3.05) is 0 Å². The summed E-state index contributed by atoms with van der Waals surface area (Å²) >= 11 is 0. The standard InChI is InChI=1S/C14H29N/c1-6-12(5)15-14-9-11(4)7-8-13(14)10(2)3/h10-15H,6-9H2,1-5H3. The van der Waals surface area contributed by atoms with Crippen molar-refractivity contribution >= 4 is 0 Å². The van der Waals surface area contributed by atoms with Gasteiger partial charge in [0.15, 0.2) is 0 Å². The molecule has 1 fully saturated rings. The average Bonchev–Trinajstić information content (AvgIpc) is 2.17. The Morgan fingerprint density at radius 2 is 1.87 bits per heavy atom. The highest BCUT2D eigenvalue weighted by atomic mass is 15.0. The molecule has 1 heteroatoms. The van der Waals surface area contributed by atoms with Gasteiger partial charge < -0.3 is 5.32 Å². The number of nitrogens with one attached hydrogen (secondary N) is 1. The molecule has 90 valence electrons. The summed E-state index contributed by atoms with van der Waals surface area (Å²) in [6.07, 6.45) is 5.48. The van der Waals surface area contributed by atoms with Crippen LogP contribution < -0.4 is 5.32 Å². The van der Waals surface area contributed by atoms with Crippen LogP contribution in [0.1, 0.15) is 60.3 Å². The van der Waals surface area contributed by atoms with Crippen molar-refractivity contribution in [3.8, 4) is 0 Å². The fourth-order valence-electron chi connectivity index (χ4n) is 2.88. The van der Waals surface area contributed by atoms with Gasteiger partial charge >= 0.3 is 0 Å². The third kappa shape index (κ3) is 3.79. The zero-order valence-electron chi connectivity index (χ0n) is 11.2. The van der Waals surface area contributed by atoms with E-state index in [1.54, 1.807) is 0 Å². The minimum Gasteiger partial charge on any atom is -0.311 e. The van der Waals surface area contributed by atoms with E-state index in [-0.39, 0.29) is 0 Å². The number of rotatable bonds is 4. The molecule has 15 heavy (non-hydrogen) atoms. The summed E-state index contributed by atoms with van der Waals surface area (Å²) in [7, 11) is 0. The van der Waals surface area contributed by atoms with Crippen LogP contribution in [0.5, 0.6) is 0 Å².